The molecule has 2 heterocycles. The van der Waals surface area contributed by atoms with E-state index in [1.807, 2.05) is 0 Å². The van der Waals surface area contributed by atoms with E-state index in [0.29, 0.717) is 13.0 Å². The first-order chi connectivity index (χ1) is 8.47. The van der Waals surface area contributed by atoms with E-state index < -0.39 is 18.0 Å². The van der Waals surface area contributed by atoms with Crippen molar-refractivity contribution < 1.29 is 22.7 Å². The highest BCUT2D eigenvalue weighted by Gasteiger charge is 2.33. The molecule has 1 aliphatic rings. The van der Waals surface area contributed by atoms with Gasteiger partial charge in [0, 0.05) is 12.6 Å². The maximum atomic E-state index is 12.4. The first-order valence-electron chi connectivity index (χ1n) is 5.45. The number of pyridine rings is 1. The number of halogens is 3. The van der Waals surface area contributed by atoms with Crippen molar-refractivity contribution in [2.75, 3.05) is 6.54 Å². The molecule has 2 rings (SSSR count). The van der Waals surface area contributed by atoms with Gasteiger partial charge in [0.05, 0.1) is 0 Å². The number of aromatic nitrogens is 1. The number of amides is 1. The second-order valence-electron chi connectivity index (χ2n) is 3.90. The lowest BCUT2D eigenvalue weighted by molar-refractivity contribution is -0.141. The van der Waals surface area contributed by atoms with E-state index in [0.717, 1.165) is 12.5 Å². The molecule has 1 fully saturated rings. The molecule has 7 heteroatoms. The average Bonchev–Trinajstić information content (AvgIpc) is 2.31. The first-order valence-corrected chi connectivity index (χ1v) is 5.45. The van der Waals surface area contributed by atoms with Crippen molar-refractivity contribution >= 4 is 5.91 Å². The molecule has 1 saturated heterocycles. The van der Waals surface area contributed by atoms with Crippen LogP contribution in [0.15, 0.2) is 18.2 Å². The van der Waals surface area contributed by atoms with Gasteiger partial charge >= 0.3 is 6.18 Å². The number of hydrogen-bond donors (Lipinski definition) is 1. The summed E-state index contributed by atoms with van der Waals surface area (Å²) in [6.07, 6.45) is -4.08. The lowest BCUT2D eigenvalue weighted by Gasteiger charge is -2.22. The van der Waals surface area contributed by atoms with Crippen molar-refractivity contribution in [1.82, 2.24) is 10.3 Å². The molecule has 18 heavy (non-hydrogen) atoms. The number of piperidine rings is 1. The Morgan fingerprint density at radius 2 is 2.17 bits per heavy atom. The number of rotatable bonds is 2. The molecule has 0 bridgehead atoms. The molecule has 1 amide bonds. The molecule has 1 aromatic rings. The number of ether oxygens (including phenoxy) is 1. The van der Waals surface area contributed by atoms with Crippen molar-refractivity contribution in [3.05, 3.63) is 23.9 Å². The summed E-state index contributed by atoms with van der Waals surface area (Å²) >= 11 is 0. The van der Waals surface area contributed by atoms with Gasteiger partial charge in [0.15, 0.2) is 6.10 Å². The molecule has 1 N–H and O–H groups in total. The van der Waals surface area contributed by atoms with E-state index in [9.17, 15) is 18.0 Å². The molecule has 1 aromatic heterocycles. The number of nitrogens with one attached hydrogen (secondary N) is 1. The van der Waals surface area contributed by atoms with Crippen LogP contribution >= 0.6 is 0 Å². The highest BCUT2D eigenvalue weighted by atomic mass is 19.4. The molecule has 0 radical (unpaired) electrons. The van der Waals surface area contributed by atoms with Crippen LogP contribution in [-0.2, 0) is 11.0 Å². The zero-order chi connectivity index (χ0) is 13.2. The molecule has 0 aliphatic carbocycles. The van der Waals surface area contributed by atoms with Gasteiger partial charge in [-0.1, -0.05) is 6.07 Å². The molecule has 98 valence electrons. The fraction of sp³-hybridized carbons (Fsp3) is 0.455. The number of hydrogen-bond acceptors (Lipinski definition) is 3. The van der Waals surface area contributed by atoms with Crippen LogP contribution in [-0.4, -0.2) is 23.5 Å². The maximum Gasteiger partial charge on any atom is 0.433 e. The van der Waals surface area contributed by atoms with Crippen LogP contribution in [0.4, 0.5) is 13.2 Å². The second kappa shape index (κ2) is 4.83. The SMILES string of the molecule is O=C1NCCC[C@@H]1Oc1cccc(C(F)(F)F)n1. The zero-order valence-electron chi connectivity index (χ0n) is 9.33. The normalized spacial score (nSPS) is 20.4. The second-order valence-corrected chi connectivity index (χ2v) is 3.90. The van der Waals surface area contributed by atoms with Crippen LogP contribution in [0.5, 0.6) is 5.88 Å². The van der Waals surface area contributed by atoms with Crippen LogP contribution < -0.4 is 10.1 Å². The van der Waals surface area contributed by atoms with Crippen LogP contribution in [0.3, 0.4) is 0 Å². The highest BCUT2D eigenvalue weighted by molar-refractivity contribution is 5.81. The summed E-state index contributed by atoms with van der Waals surface area (Å²) in [6.45, 7) is 0.564. The predicted molar refractivity (Wildman–Crippen MR) is 55.9 cm³/mol. The Morgan fingerprint density at radius 3 is 2.83 bits per heavy atom. The Morgan fingerprint density at radius 1 is 1.39 bits per heavy atom. The number of carbonyl (C=O) groups excluding carboxylic acids is 1. The average molecular weight is 260 g/mol. The molecule has 0 spiro atoms. The summed E-state index contributed by atoms with van der Waals surface area (Å²) < 4.78 is 42.5. The lowest BCUT2D eigenvalue weighted by Crippen LogP contribution is -2.43. The van der Waals surface area contributed by atoms with E-state index in [1.165, 1.54) is 12.1 Å². The molecular weight excluding hydrogens is 249 g/mol. The smallest absolute Gasteiger partial charge is 0.433 e. The maximum absolute atomic E-state index is 12.4. The number of alkyl halides is 3. The number of nitrogens with zero attached hydrogens (tertiary/aromatic N) is 1. The summed E-state index contributed by atoms with van der Waals surface area (Å²) in [7, 11) is 0. The molecule has 0 aromatic carbocycles. The van der Waals surface area contributed by atoms with Gasteiger partial charge in [-0.3, -0.25) is 4.79 Å². The number of carbonyl (C=O) groups is 1. The molecule has 1 aliphatic heterocycles. The first kappa shape index (κ1) is 12.7. The Bertz CT molecular complexity index is 448. The zero-order valence-corrected chi connectivity index (χ0v) is 9.33. The highest BCUT2D eigenvalue weighted by Crippen LogP contribution is 2.28. The minimum absolute atomic E-state index is 0.188. The van der Waals surface area contributed by atoms with Crippen LogP contribution in [0, 0.1) is 0 Å². The molecular formula is C11H11F3N2O2. The third-order valence-electron chi connectivity index (χ3n) is 2.51. The summed E-state index contributed by atoms with van der Waals surface area (Å²) in [6, 6.07) is 3.36. The molecule has 0 unspecified atom stereocenters. The van der Waals surface area contributed by atoms with E-state index in [1.54, 1.807) is 0 Å². The fourth-order valence-electron chi connectivity index (χ4n) is 1.64. The fourth-order valence-corrected chi connectivity index (χ4v) is 1.64. The summed E-state index contributed by atoms with van der Waals surface area (Å²) in [5.41, 5.74) is -1.03. The van der Waals surface area contributed by atoms with Gasteiger partial charge in [0.2, 0.25) is 5.88 Å². The summed E-state index contributed by atoms with van der Waals surface area (Å²) in [5.74, 6) is -0.507. The third kappa shape index (κ3) is 2.91. The van der Waals surface area contributed by atoms with Crippen molar-refractivity contribution in [2.45, 2.75) is 25.1 Å². The van der Waals surface area contributed by atoms with E-state index >= 15 is 0 Å². The summed E-state index contributed by atoms with van der Waals surface area (Å²) in [4.78, 5) is 14.7. The van der Waals surface area contributed by atoms with Gasteiger partial charge in [-0.2, -0.15) is 13.2 Å². The minimum atomic E-state index is -4.52. The Kier molecular flexibility index (Phi) is 3.40. The van der Waals surface area contributed by atoms with Gasteiger partial charge in [-0.25, -0.2) is 4.98 Å². The topological polar surface area (TPSA) is 51.2 Å². The Labute approximate surface area is 101 Å². The van der Waals surface area contributed by atoms with Gasteiger partial charge < -0.3 is 10.1 Å². The van der Waals surface area contributed by atoms with E-state index in [2.05, 4.69) is 10.3 Å². The van der Waals surface area contributed by atoms with E-state index in [4.69, 9.17) is 4.74 Å². The lowest BCUT2D eigenvalue weighted by atomic mass is 10.1. The third-order valence-corrected chi connectivity index (χ3v) is 2.51. The van der Waals surface area contributed by atoms with Gasteiger partial charge in [0.1, 0.15) is 5.69 Å². The minimum Gasteiger partial charge on any atom is -0.464 e. The Hall–Kier alpha value is -1.79. The van der Waals surface area contributed by atoms with Crippen LogP contribution in [0.25, 0.3) is 0 Å². The molecule has 0 saturated carbocycles. The monoisotopic (exact) mass is 260 g/mol. The van der Waals surface area contributed by atoms with Crippen molar-refractivity contribution in [3.8, 4) is 5.88 Å². The van der Waals surface area contributed by atoms with Crippen molar-refractivity contribution in [2.24, 2.45) is 0 Å². The van der Waals surface area contributed by atoms with E-state index in [-0.39, 0.29) is 11.8 Å². The molecule has 4 nitrogen and oxygen atoms in total. The van der Waals surface area contributed by atoms with Gasteiger partial charge in [-0.15, -0.1) is 0 Å². The summed E-state index contributed by atoms with van der Waals surface area (Å²) in [5, 5.41) is 2.58. The van der Waals surface area contributed by atoms with Gasteiger partial charge in [0.25, 0.3) is 5.91 Å². The van der Waals surface area contributed by atoms with Crippen LogP contribution in [0.1, 0.15) is 18.5 Å². The Balaban J connectivity index is 2.12. The van der Waals surface area contributed by atoms with Crippen LogP contribution in [0.2, 0.25) is 0 Å². The van der Waals surface area contributed by atoms with Crippen molar-refractivity contribution in [3.63, 3.8) is 0 Å². The standard InChI is InChI=1S/C11H11F3N2O2/c12-11(13,14)8-4-1-5-9(16-8)18-7-3-2-6-15-10(7)17/h1,4-5,7H,2-3,6H2,(H,15,17)/t7-/m0/s1. The quantitative estimate of drug-likeness (QED) is 0.881. The van der Waals surface area contributed by atoms with Crippen molar-refractivity contribution in [1.29, 1.82) is 0 Å². The largest absolute Gasteiger partial charge is 0.464 e. The van der Waals surface area contributed by atoms with Gasteiger partial charge in [-0.05, 0) is 18.9 Å². The molecule has 1 atom stereocenters. The predicted octanol–water partition coefficient (Wildman–Crippen LogP) is 1.76.